The molecule has 1 aliphatic rings. The van der Waals surface area contributed by atoms with Crippen molar-refractivity contribution in [1.29, 1.82) is 0 Å². The van der Waals surface area contributed by atoms with Crippen molar-refractivity contribution in [3.63, 3.8) is 0 Å². The first kappa shape index (κ1) is 13.6. The van der Waals surface area contributed by atoms with Gasteiger partial charge in [-0.15, -0.1) is 0 Å². The maximum Gasteiger partial charge on any atom is 0.336 e. The number of carboxylic acids is 1. The van der Waals surface area contributed by atoms with Crippen LogP contribution in [0.1, 0.15) is 45.2 Å². The van der Waals surface area contributed by atoms with Crippen molar-refractivity contribution in [3.05, 3.63) is 34.4 Å². The second kappa shape index (κ2) is 5.03. The Balaban J connectivity index is 2.24. The predicted octanol–water partition coefficient (Wildman–Crippen LogP) is 2.39. The van der Waals surface area contributed by atoms with Crippen LogP contribution in [0.4, 0.5) is 0 Å². The average molecular weight is 261 g/mol. The van der Waals surface area contributed by atoms with Crippen LogP contribution in [-0.2, 0) is 0 Å². The van der Waals surface area contributed by atoms with Gasteiger partial charge in [-0.1, -0.05) is 19.1 Å². The van der Waals surface area contributed by atoms with Gasteiger partial charge >= 0.3 is 5.97 Å². The first-order valence-corrected chi connectivity index (χ1v) is 6.53. The second-order valence-corrected chi connectivity index (χ2v) is 5.44. The molecule has 4 nitrogen and oxygen atoms in total. The Morgan fingerprint density at radius 3 is 2.26 bits per heavy atom. The molecule has 0 aliphatic heterocycles. The molecule has 2 rings (SSSR count). The Bertz CT molecular complexity index is 536. The lowest BCUT2D eigenvalue weighted by Crippen LogP contribution is -2.28. The maximum absolute atomic E-state index is 12.2. The van der Waals surface area contributed by atoms with Crippen LogP contribution in [0.25, 0.3) is 0 Å². The van der Waals surface area contributed by atoms with Gasteiger partial charge in [-0.2, -0.15) is 0 Å². The number of carboxylic acid groups (broad SMARTS) is 1. The van der Waals surface area contributed by atoms with Crippen LogP contribution in [-0.4, -0.2) is 23.5 Å². The molecule has 19 heavy (non-hydrogen) atoms. The SMILES string of the molecule is Cc1ccc(C)c(C(=O)NCC2CC2C)c1C(=O)O. The molecular formula is C15H19NO3. The summed E-state index contributed by atoms with van der Waals surface area (Å²) in [4.78, 5) is 23.5. The number of hydrogen-bond acceptors (Lipinski definition) is 2. The fourth-order valence-corrected chi connectivity index (χ4v) is 2.37. The van der Waals surface area contributed by atoms with E-state index in [4.69, 9.17) is 0 Å². The number of nitrogens with one attached hydrogen (secondary N) is 1. The van der Waals surface area contributed by atoms with Crippen LogP contribution in [0.2, 0.25) is 0 Å². The number of rotatable bonds is 4. The molecule has 1 fully saturated rings. The molecule has 102 valence electrons. The zero-order valence-electron chi connectivity index (χ0n) is 11.5. The molecule has 1 aliphatic carbocycles. The van der Waals surface area contributed by atoms with Crippen LogP contribution in [0, 0.1) is 25.7 Å². The smallest absolute Gasteiger partial charge is 0.336 e. The van der Waals surface area contributed by atoms with Crippen molar-refractivity contribution in [2.45, 2.75) is 27.2 Å². The molecule has 1 amide bonds. The fourth-order valence-electron chi connectivity index (χ4n) is 2.37. The van der Waals surface area contributed by atoms with Gasteiger partial charge < -0.3 is 10.4 Å². The summed E-state index contributed by atoms with van der Waals surface area (Å²) < 4.78 is 0. The third-order valence-electron chi connectivity index (χ3n) is 3.86. The number of hydrogen-bond donors (Lipinski definition) is 2. The number of aromatic carboxylic acids is 1. The fraction of sp³-hybridized carbons (Fsp3) is 0.467. The Kier molecular flexibility index (Phi) is 3.60. The minimum absolute atomic E-state index is 0.112. The molecule has 0 radical (unpaired) electrons. The zero-order chi connectivity index (χ0) is 14.2. The molecule has 1 aromatic rings. The summed E-state index contributed by atoms with van der Waals surface area (Å²) in [6.45, 7) is 6.26. The molecule has 0 aromatic heterocycles. The molecule has 4 heteroatoms. The van der Waals surface area contributed by atoms with E-state index in [0.29, 0.717) is 35.1 Å². The van der Waals surface area contributed by atoms with Crippen LogP contribution < -0.4 is 5.32 Å². The van der Waals surface area contributed by atoms with E-state index in [0.717, 1.165) is 6.42 Å². The summed E-state index contributed by atoms with van der Waals surface area (Å²) in [5.74, 6) is -0.121. The van der Waals surface area contributed by atoms with E-state index in [1.54, 1.807) is 26.0 Å². The molecule has 2 unspecified atom stereocenters. The molecule has 2 N–H and O–H groups in total. The summed E-state index contributed by atoms with van der Waals surface area (Å²) in [7, 11) is 0. The van der Waals surface area contributed by atoms with Crippen molar-refractivity contribution >= 4 is 11.9 Å². The van der Waals surface area contributed by atoms with Gasteiger partial charge in [-0.05, 0) is 43.2 Å². The van der Waals surface area contributed by atoms with Gasteiger partial charge in [0.2, 0.25) is 0 Å². The quantitative estimate of drug-likeness (QED) is 0.874. The first-order chi connectivity index (χ1) is 8.91. The van der Waals surface area contributed by atoms with E-state index in [9.17, 15) is 14.7 Å². The van der Waals surface area contributed by atoms with Crippen LogP contribution >= 0.6 is 0 Å². The van der Waals surface area contributed by atoms with Gasteiger partial charge in [0.25, 0.3) is 5.91 Å². The third kappa shape index (κ3) is 2.78. The molecule has 1 saturated carbocycles. The highest BCUT2D eigenvalue weighted by molar-refractivity contribution is 6.06. The molecule has 0 spiro atoms. The third-order valence-corrected chi connectivity index (χ3v) is 3.86. The minimum atomic E-state index is -1.05. The van der Waals surface area contributed by atoms with Crippen molar-refractivity contribution in [2.24, 2.45) is 11.8 Å². The van der Waals surface area contributed by atoms with Crippen LogP contribution in [0.15, 0.2) is 12.1 Å². The Hall–Kier alpha value is -1.84. The van der Waals surface area contributed by atoms with Crippen molar-refractivity contribution in [1.82, 2.24) is 5.32 Å². The lowest BCUT2D eigenvalue weighted by Gasteiger charge is -2.12. The second-order valence-electron chi connectivity index (χ2n) is 5.44. The van der Waals surface area contributed by atoms with Gasteiger partial charge in [-0.25, -0.2) is 4.79 Å². The molecule has 0 heterocycles. The van der Waals surface area contributed by atoms with Crippen molar-refractivity contribution in [3.8, 4) is 0 Å². The van der Waals surface area contributed by atoms with E-state index < -0.39 is 5.97 Å². The molecular weight excluding hydrogens is 242 g/mol. The normalized spacial score (nSPS) is 21.0. The van der Waals surface area contributed by atoms with E-state index in [-0.39, 0.29) is 11.5 Å². The maximum atomic E-state index is 12.2. The highest BCUT2D eigenvalue weighted by atomic mass is 16.4. The number of benzene rings is 1. The van der Waals surface area contributed by atoms with E-state index in [1.165, 1.54) is 0 Å². The average Bonchev–Trinajstić information content (AvgIpc) is 3.04. The van der Waals surface area contributed by atoms with E-state index in [1.807, 2.05) is 0 Å². The lowest BCUT2D eigenvalue weighted by molar-refractivity contribution is 0.0690. The summed E-state index contributed by atoms with van der Waals surface area (Å²) in [5, 5.41) is 12.1. The highest BCUT2D eigenvalue weighted by Gasteiger charge is 2.33. The summed E-state index contributed by atoms with van der Waals surface area (Å²) >= 11 is 0. The zero-order valence-corrected chi connectivity index (χ0v) is 11.5. The molecule has 0 saturated heterocycles. The van der Waals surface area contributed by atoms with Gasteiger partial charge in [0.1, 0.15) is 0 Å². The van der Waals surface area contributed by atoms with Crippen LogP contribution in [0.3, 0.4) is 0 Å². The van der Waals surface area contributed by atoms with E-state index in [2.05, 4.69) is 12.2 Å². The van der Waals surface area contributed by atoms with Gasteiger partial charge in [0, 0.05) is 6.54 Å². The monoisotopic (exact) mass is 261 g/mol. The summed E-state index contributed by atoms with van der Waals surface area (Å²) in [6, 6.07) is 3.52. The largest absolute Gasteiger partial charge is 0.478 e. The highest BCUT2D eigenvalue weighted by Crippen LogP contribution is 2.36. The topological polar surface area (TPSA) is 66.4 Å². The van der Waals surface area contributed by atoms with Gasteiger partial charge in [-0.3, -0.25) is 4.79 Å². The molecule has 0 bridgehead atoms. The van der Waals surface area contributed by atoms with Crippen molar-refractivity contribution in [2.75, 3.05) is 6.54 Å². The number of carbonyl (C=O) groups excluding carboxylic acids is 1. The Morgan fingerprint density at radius 2 is 1.79 bits per heavy atom. The Morgan fingerprint density at radius 1 is 1.26 bits per heavy atom. The number of aryl methyl sites for hydroxylation is 2. The standard InChI is InChI=1S/C15H19NO3/c1-8-4-5-9(2)13(15(18)19)12(8)14(17)16-7-11-6-10(11)3/h4-5,10-11H,6-7H2,1-3H3,(H,16,17)(H,18,19). The van der Waals surface area contributed by atoms with Gasteiger partial charge in [0.15, 0.2) is 0 Å². The summed E-state index contributed by atoms with van der Waals surface area (Å²) in [6.07, 6.45) is 1.14. The summed E-state index contributed by atoms with van der Waals surface area (Å²) in [5.41, 5.74) is 1.72. The molecule has 2 atom stereocenters. The lowest BCUT2D eigenvalue weighted by atomic mass is 9.96. The number of carbonyl (C=O) groups is 2. The van der Waals surface area contributed by atoms with Crippen LogP contribution in [0.5, 0.6) is 0 Å². The minimum Gasteiger partial charge on any atom is -0.478 e. The molecule has 1 aromatic carbocycles. The van der Waals surface area contributed by atoms with E-state index >= 15 is 0 Å². The van der Waals surface area contributed by atoms with Crippen molar-refractivity contribution < 1.29 is 14.7 Å². The predicted molar refractivity (Wildman–Crippen MR) is 72.5 cm³/mol. The Labute approximate surface area is 112 Å². The van der Waals surface area contributed by atoms with Gasteiger partial charge in [0.05, 0.1) is 11.1 Å². The first-order valence-electron chi connectivity index (χ1n) is 6.53. The number of amides is 1.